The van der Waals surface area contributed by atoms with E-state index in [-0.39, 0.29) is 22.9 Å². The van der Waals surface area contributed by atoms with E-state index in [1.807, 2.05) is 32.6 Å². The summed E-state index contributed by atoms with van der Waals surface area (Å²) in [7, 11) is 0. The van der Waals surface area contributed by atoms with Crippen LogP contribution < -0.4 is 5.32 Å². The molecule has 134 valence electrons. The molecule has 1 aromatic heterocycles. The van der Waals surface area contributed by atoms with Crippen LogP contribution in [0.3, 0.4) is 0 Å². The molecular formula is C17H28N4O3. The van der Waals surface area contributed by atoms with Crippen molar-refractivity contribution in [2.75, 3.05) is 26.3 Å². The van der Waals surface area contributed by atoms with Gasteiger partial charge in [-0.1, -0.05) is 32.3 Å². The molecule has 2 fully saturated rings. The van der Waals surface area contributed by atoms with Crippen LogP contribution in [0.5, 0.6) is 0 Å². The molecule has 0 unspecified atom stereocenters. The average Bonchev–Trinajstić information content (AvgIpc) is 2.85. The number of ether oxygens (including phenoxy) is 1. The maximum Gasteiger partial charge on any atom is 0.318 e. The Kier molecular flexibility index (Phi) is 4.55. The lowest BCUT2D eigenvalue weighted by molar-refractivity contribution is 0.0125. The largest absolute Gasteiger partial charge is 0.379 e. The fourth-order valence-electron chi connectivity index (χ4n) is 3.20. The minimum atomic E-state index is -0.317. The maximum atomic E-state index is 12.6. The highest BCUT2D eigenvalue weighted by molar-refractivity contribution is 5.74. The fraction of sp³-hybridized carbons (Fsp3) is 0.824. The van der Waals surface area contributed by atoms with Gasteiger partial charge in [0, 0.05) is 23.9 Å². The molecule has 0 radical (unpaired) electrons. The van der Waals surface area contributed by atoms with Crippen LogP contribution in [0.2, 0.25) is 0 Å². The summed E-state index contributed by atoms with van der Waals surface area (Å²) in [5.74, 6) is 1.09. The van der Waals surface area contributed by atoms with Crippen molar-refractivity contribution < 1.29 is 14.1 Å². The number of nitrogens with zero attached hydrogens (tertiary/aromatic N) is 3. The van der Waals surface area contributed by atoms with Crippen LogP contribution in [0.25, 0.3) is 0 Å². The molecule has 0 aromatic carbocycles. The van der Waals surface area contributed by atoms with Crippen molar-refractivity contribution in [3.05, 3.63) is 11.7 Å². The first-order valence-corrected chi connectivity index (χ1v) is 8.76. The Labute approximate surface area is 143 Å². The van der Waals surface area contributed by atoms with Gasteiger partial charge in [-0.15, -0.1) is 0 Å². The van der Waals surface area contributed by atoms with Gasteiger partial charge in [0.15, 0.2) is 5.82 Å². The predicted molar refractivity (Wildman–Crippen MR) is 88.6 cm³/mol. The van der Waals surface area contributed by atoms with Gasteiger partial charge in [-0.25, -0.2) is 4.79 Å². The van der Waals surface area contributed by atoms with Gasteiger partial charge in [0.2, 0.25) is 5.89 Å². The monoisotopic (exact) mass is 336 g/mol. The molecule has 0 bridgehead atoms. The van der Waals surface area contributed by atoms with Gasteiger partial charge < -0.3 is 19.5 Å². The molecule has 1 aliphatic carbocycles. The third-order valence-corrected chi connectivity index (χ3v) is 4.96. The summed E-state index contributed by atoms with van der Waals surface area (Å²) in [6.07, 6.45) is 3.52. The van der Waals surface area contributed by atoms with Crippen molar-refractivity contribution in [2.24, 2.45) is 5.41 Å². The number of carbonyl (C=O) groups is 1. The van der Waals surface area contributed by atoms with Gasteiger partial charge in [-0.05, 0) is 19.8 Å². The zero-order valence-corrected chi connectivity index (χ0v) is 15.1. The second-order valence-corrected chi connectivity index (χ2v) is 8.21. The molecule has 24 heavy (non-hydrogen) atoms. The van der Waals surface area contributed by atoms with Gasteiger partial charge in [0.25, 0.3) is 0 Å². The standard InChI is InChI=1S/C17H28N4O3/c1-12(13-19-14(20-24-13)16(2,3)4)18-15(22)21-8-9-23-11-17(10-21)6-5-7-17/h12H,5-11H2,1-4H3,(H,18,22)/t12-/m1/s1. The molecule has 2 heterocycles. The highest BCUT2D eigenvalue weighted by Crippen LogP contribution is 2.42. The molecule has 1 aromatic rings. The van der Waals surface area contributed by atoms with E-state index in [0.29, 0.717) is 24.9 Å². The van der Waals surface area contributed by atoms with Crippen LogP contribution in [0, 0.1) is 5.41 Å². The van der Waals surface area contributed by atoms with Crippen molar-refractivity contribution >= 4 is 6.03 Å². The molecular weight excluding hydrogens is 308 g/mol. The Morgan fingerprint density at radius 3 is 2.71 bits per heavy atom. The predicted octanol–water partition coefficient (Wildman–Crippen LogP) is 2.64. The second-order valence-electron chi connectivity index (χ2n) is 8.21. The summed E-state index contributed by atoms with van der Waals surface area (Å²) in [5.41, 5.74) is -0.00875. The van der Waals surface area contributed by atoms with E-state index in [2.05, 4.69) is 15.5 Å². The van der Waals surface area contributed by atoms with E-state index in [9.17, 15) is 4.79 Å². The van der Waals surface area contributed by atoms with E-state index in [0.717, 1.165) is 26.0 Å². The first-order chi connectivity index (χ1) is 11.3. The third-order valence-electron chi connectivity index (χ3n) is 4.96. The topological polar surface area (TPSA) is 80.5 Å². The lowest BCUT2D eigenvalue weighted by Gasteiger charge is -2.42. The van der Waals surface area contributed by atoms with Gasteiger partial charge in [-0.2, -0.15) is 4.98 Å². The van der Waals surface area contributed by atoms with Crippen molar-refractivity contribution in [3.8, 4) is 0 Å². The van der Waals surface area contributed by atoms with E-state index in [1.54, 1.807) is 0 Å². The van der Waals surface area contributed by atoms with E-state index < -0.39 is 0 Å². The molecule has 1 N–H and O–H groups in total. The molecule has 7 heteroatoms. The highest BCUT2D eigenvalue weighted by atomic mass is 16.5. The molecule has 1 atom stereocenters. The molecule has 2 amide bonds. The number of nitrogens with one attached hydrogen (secondary N) is 1. The Morgan fingerprint density at radius 2 is 2.12 bits per heavy atom. The lowest BCUT2D eigenvalue weighted by Crippen LogP contribution is -2.49. The smallest absolute Gasteiger partial charge is 0.318 e. The van der Waals surface area contributed by atoms with Crippen LogP contribution >= 0.6 is 0 Å². The molecule has 1 spiro atoms. The third kappa shape index (κ3) is 3.55. The first kappa shape index (κ1) is 17.2. The fourth-order valence-corrected chi connectivity index (χ4v) is 3.20. The van der Waals surface area contributed by atoms with Crippen molar-refractivity contribution in [2.45, 2.75) is 58.4 Å². The number of rotatable bonds is 2. The van der Waals surface area contributed by atoms with Crippen LogP contribution in [0.1, 0.15) is 64.7 Å². The van der Waals surface area contributed by atoms with Crippen LogP contribution in [0.15, 0.2) is 4.52 Å². The number of hydrogen-bond acceptors (Lipinski definition) is 5. The Hall–Kier alpha value is -1.63. The summed E-state index contributed by atoms with van der Waals surface area (Å²) in [5, 5.41) is 7.00. The molecule has 7 nitrogen and oxygen atoms in total. The highest BCUT2D eigenvalue weighted by Gasteiger charge is 2.41. The van der Waals surface area contributed by atoms with Gasteiger partial charge in [0.1, 0.15) is 6.04 Å². The SMILES string of the molecule is C[C@@H](NC(=O)N1CCOCC2(CCC2)C1)c1nc(C(C)(C)C)no1. The second kappa shape index (κ2) is 6.35. The van der Waals surface area contributed by atoms with Crippen molar-refractivity contribution in [1.29, 1.82) is 0 Å². The molecule has 1 saturated heterocycles. The van der Waals surface area contributed by atoms with E-state index in [1.165, 1.54) is 6.42 Å². The zero-order valence-electron chi connectivity index (χ0n) is 15.1. The molecule has 1 aliphatic heterocycles. The summed E-state index contributed by atoms with van der Waals surface area (Å²) < 4.78 is 11.0. The Bertz CT molecular complexity index is 589. The van der Waals surface area contributed by atoms with E-state index in [4.69, 9.17) is 9.26 Å². The van der Waals surface area contributed by atoms with E-state index >= 15 is 0 Å². The Balaban J connectivity index is 1.62. The number of hydrogen-bond donors (Lipinski definition) is 1. The minimum Gasteiger partial charge on any atom is -0.379 e. The lowest BCUT2D eigenvalue weighted by atomic mass is 9.69. The first-order valence-electron chi connectivity index (χ1n) is 8.76. The van der Waals surface area contributed by atoms with Crippen LogP contribution in [-0.2, 0) is 10.2 Å². The van der Waals surface area contributed by atoms with Crippen LogP contribution in [0.4, 0.5) is 4.79 Å². The maximum absolute atomic E-state index is 12.6. The molecule has 1 saturated carbocycles. The summed E-state index contributed by atoms with van der Waals surface area (Å²) >= 11 is 0. The quantitative estimate of drug-likeness (QED) is 0.898. The molecule has 3 rings (SSSR count). The van der Waals surface area contributed by atoms with Gasteiger partial charge >= 0.3 is 6.03 Å². The molecule has 2 aliphatic rings. The minimum absolute atomic E-state index is 0.0882. The Morgan fingerprint density at radius 1 is 1.38 bits per heavy atom. The summed E-state index contributed by atoms with van der Waals surface area (Å²) in [6, 6.07) is -0.405. The van der Waals surface area contributed by atoms with Crippen molar-refractivity contribution in [1.82, 2.24) is 20.4 Å². The normalized spacial score (nSPS) is 21.9. The van der Waals surface area contributed by atoms with Gasteiger partial charge in [0.05, 0.1) is 13.2 Å². The number of carbonyl (C=O) groups excluding carboxylic acids is 1. The number of urea groups is 1. The van der Waals surface area contributed by atoms with Crippen molar-refractivity contribution in [3.63, 3.8) is 0 Å². The summed E-state index contributed by atoms with van der Waals surface area (Å²) in [6.45, 7) is 10.7. The zero-order chi connectivity index (χ0) is 17.4. The average molecular weight is 336 g/mol. The summed E-state index contributed by atoms with van der Waals surface area (Å²) in [4.78, 5) is 18.9. The van der Waals surface area contributed by atoms with Gasteiger partial charge in [-0.3, -0.25) is 0 Å². The van der Waals surface area contributed by atoms with Crippen LogP contribution in [-0.4, -0.2) is 47.4 Å². The number of amides is 2. The number of aromatic nitrogens is 2.